The molecule has 0 unspecified atom stereocenters. The minimum Gasteiger partial charge on any atom is -0.444 e. The molecule has 4 heterocycles. The summed E-state index contributed by atoms with van der Waals surface area (Å²) in [6, 6.07) is 3.04. The number of rotatable bonds is 6. The largest absolute Gasteiger partial charge is 0.444 e. The van der Waals surface area contributed by atoms with Crippen molar-refractivity contribution in [3.8, 4) is 0 Å². The zero-order valence-electron chi connectivity index (χ0n) is 19.3. The van der Waals surface area contributed by atoms with Crippen LogP contribution >= 0.6 is 11.3 Å². The van der Waals surface area contributed by atoms with Crippen molar-refractivity contribution >= 4 is 39.5 Å². The number of likely N-dealkylation sites (tertiary alicyclic amines) is 1. The second-order valence-electron chi connectivity index (χ2n) is 9.08. The average molecular weight is 487 g/mol. The van der Waals surface area contributed by atoms with E-state index in [1.165, 1.54) is 17.4 Å². The molecule has 180 valence electrons. The number of hydrogen-bond donors (Lipinski definition) is 2. The van der Waals surface area contributed by atoms with E-state index >= 15 is 0 Å². The van der Waals surface area contributed by atoms with Crippen molar-refractivity contribution in [1.29, 1.82) is 0 Å². The van der Waals surface area contributed by atoms with Crippen LogP contribution in [0.25, 0.3) is 10.2 Å². The number of aromatic nitrogens is 3. The lowest BCUT2D eigenvalue weighted by molar-refractivity contribution is 0.0225. The van der Waals surface area contributed by atoms with Gasteiger partial charge in [-0.05, 0) is 56.7 Å². The second-order valence-corrected chi connectivity index (χ2v) is 9.99. The van der Waals surface area contributed by atoms with Crippen LogP contribution in [-0.2, 0) is 11.3 Å². The van der Waals surface area contributed by atoms with Crippen LogP contribution in [0.5, 0.6) is 0 Å². The Morgan fingerprint density at radius 1 is 1.29 bits per heavy atom. The Balaban J connectivity index is 1.44. The van der Waals surface area contributed by atoms with Crippen molar-refractivity contribution in [2.24, 2.45) is 0 Å². The standard InChI is InChI=1S/C23H27FN6O3S/c1-23(2,3)33-22(32)30-7-4-5-16(30)13-26-20(31)18-19-17(6-8-34-19)28-21(29-18)27-11-14-9-15(24)12-25-10-14/h6,8-10,12,16H,4-5,7,11,13H2,1-3H3,(H,26,31)(H,27,28,29)/t16-/m1/s1. The number of ether oxygens (including phenoxy) is 1. The number of anilines is 1. The Morgan fingerprint density at radius 3 is 2.88 bits per heavy atom. The third-order valence-corrected chi connectivity index (χ3v) is 6.14. The Kier molecular flexibility index (Phi) is 6.92. The van der Waals surface area contributed by atoms with Gasteiger partial charge in [0.1, 0.15) is 11.4 Å². The van der Waals surface area contributed by atoms with Gasteiger partial charge in [-0.15, -0.1) is 11.3 Å². The summed E-state index contributed by atoms with van der Waals surface area (Å²) in [4.78, 5) is 40.0. The van der Waals surface area contributed by atoms with Gasteiger partial charge in [0.25, 0.3) is 5.91 Å². The van der Waals surface area contributed by atoms with Crippen molar-refractivity contribution in [2.45, 2.75) is 51.8 Å². The molecule has 1 aliphatic rings. The summed E-state index contributed by atoms with van der Waals surface area (Å²) in [6.07, 6.45) is 3.95. The van der Waals surface area contributed by atoms with Crippen LogP contribution in [0.1, 0.15) is 49.7 Å². The van der Waals surface area contributed by atoms with Crippen LogP contribution in [0.15, 0.2) is 29.9 Å². The normalized spacial score (nSPS) is 16.0. The van der Waals surface area contributed by atoms with E-state index in [2.05, 4.69) is 25.6 Å². The number of carbonyl (C=O) groups excluding carboxylic acids is 2. The molecule has 1 saturated heterocycles. The van der Waals surface area contributed by atoms with Gasteiger partial charge in [-0.3, -0.25) is 9.78 Å². The highest BCUT2D eigenvalue weighted by Gasteiger charge is 2.32. The van der Waals surface area contributed by atoms with E-state index in [1.807, 2.05) is 32.2 Å². The molecule has 1 atom stereocenters. The number of amides is 2. The smallest absolute Gasteiger partial charge is 0.410 e. The molecule has 0 saturated carbocycles. The molecule has 34 heavy (non-hydrogen) atoms. The summed E-state index contributed by atoms with van der Waals surface area (Å²) in [7, 11) is 0. The molecule has 1 aliphatic heterocycles. The summed E-state index contributed by atoms with van der Waals surface area (Å²) >= 11 is 1.38. The van der Waals surface area contributed by atoms with Crippen molar-refractivity contribution in [2.75, 3.05) is 18.4 Å². The number of fused-ring (bicyclic) bond motifs is 1. The summed E-state index contributed by atoms with van der Waals surface area (Å²) in [5.41, 5.74) is 0.941. The summed E-state index contributed by atoms with van der Waals surface area (Å²) in [6.45, 7) is 6.64. The third-order valence-electron chi connectivity index (χ3n) is 5.23. The Labute approximate surface area is 200 Å². The van der Waals surface area contributed by atoms with E-state index in [4.69, 9.17) is 4.74 Å². The first-order chi connectivity index (χ1) is 16.2. The van der Waals surface area contributed by atoms with E-state index < -0.39 is 11.4 Å². The van der Waals surface area contributed by atoms with E-state index in [9.17, 15) is 14.0 Å². The molecule has 0 aliphatic carbocycles. The van der Waals surface area contributed by atoms with Gasteiger partial charge in [0.05, 0.1) is 22.5 Å². The maximum atomic E-state index is 13.4. The predicted octanol–water partition coefficient (Wildman–Crippen LogP) is 3.97. The van der Waals surface area contributed by atoms with Crippen molar-refractivity contribution in [3.05, 3.63) is 47.0 Å². The molecule has 0 spiro atoms. The molecule has 1 fully saturated rings. The molecule has 0 bridgehead atoms. The highest BCUT2D eigenvalue weighted by atomic mass is 32.1. The molecule has 3 aromatic rings. The van der Waals surface area contributed by atoms with Crippen LogP contribution < -0.4 is 10.6 Å². The van der Waals surface area contributed by atoms with Gasteiger partial charge in [0, 0.05) is 25.8 Å². The van der Waals surface area contributed by atoms with Crippen LogP contribution in [0, 0.1) is 5.82 Å². The first kappa shape index (κ1) is 23.8. The number of halogens is 1. The van der Waals surface area contributed by atoms with Gasteiger partial charge in [-0.2, -0.15) is 0 Å². The molecule has 11 heteroatoms. The quantitative estimate of drug-likeness (QED) is 0.543. The molecular formula is C23H27FN6O3S. The summed E-state index contributed by atoms with van der Waals surface area (Å²) in [5, 5.41) is 7.80. The molecule has 3 aromatic heterocycles. The molecule has 0 radical (unpaired) electrons. The molecule has 4 rings (SSSR count). The minimum atomic E-state index is -0.579. The lowest BCUT2D eigenvalue weighted by Crippen LogP contribution is -2.45. The fraction of sp³-hybridized carbons (Fsp3) is 0.435. The Hall–Kier alpha value is -3.34. The fourth-order valence-electron chi connectivity index (χ4n) is 3.73. The van der Waals surface area contributed by atoms with Crippen molar-refractivity contribution in [3.63, 3.8) is 0 Å². The highest BCUT2D eigenvalue weighted by molar-refractivity contribution is 7.17. The number of nitrogens with one attached hydrogen (secondary N) is 2. The van der Waals surface area contributed by atoms with E-state index in [0.29, 0.717) is 28.9 Å². The van der Waals surface area contributed by atoms with Crippen LogP contribution in [0.4, 0.5) is 15.1 Å². The molecular weight excluding hydrogens is 459 g/mol. The zero-order chi connectivity index (χ0) is 24.3. The monoisotopic (exact) mass is 486 g/mol. The first-order valence-corrected chi connectivity index (χ1v) is 11.9. The summed E-state index contributed by atoms with van der Waals surface area (Å²) in [5.74, 6) is -0.515. The maximum absolute atomic E-state index is 13.4. The lowest BCUT2D eigenvalue weighted by Gasteiger charge is -2.28. The van der Waals surface area contributed by atoms with Gasteiger partial charge >= 0.3 is 6.09 Å². The molecule has 2 amide bonds. The first-order valence-electron chi connectivity index (χ1n) is 11.1. The SMILES string of the molecule is CC(C)(C)OC(=O)N1CCC[C@@H]1CNC(=O)c1nc(NCc2cncc(F)c2)nc2ccsc12. The van der Waals surface area contributed by atoms with Crippen molar-refractivity contribution in [1.82, 2.24) is 25.2 Å². The number of nitrogens with zero attached hydrogens (tertiary/aromatic N) is 4. The van der Waals surface area contributed by atoms with Crippen molar-refractivity contribution < 1.29 is 18.7 Å². The topological polar surface area (TPSA) is 109 Å². The minimum absolute atomic E-state index is 0.141. The number of carbonyl (C=O) groups is 2. The number of pyridine rings is 1. The van der Waals surface area contributed by atoms with Gasteiger partial charge in [0.15, 0.2) is 5.69 Å². The van der Waals surface area contributed by atoms with Gasteiger partial charge in [0.2, 0.25) is 5.95 Å². The van der Waals surface area contributed by atoms with E-state index in [1.54, 1.807) is 11.1 Å². The highest BCUT2D eigenvalue weighted by Crippen LogP contribution is 2.25. The lowest BCUT2D eigenvalue weighted by atomic mass is 10.2. The Bertz CT molecular complexity index is 1190. The fourth-order valence-corrected chi connectivity index (χ4v) is 4.55. The summed E-state index contributed by atoms with van der Waals surface area (Å²) < 4.78 is 19.6. The van der Waals surface area contributed by atoms with Crippen LogP contribution in [0.2, 0.25) is 0 Å². The zero-order valence-corrected chi connectivity index (χ0v) is 20.1. The number of thiophene rings is 1. The molecule has 9 nitrogen and oxygen atoms in total. The van der Waals surface area contributed by atoms with E-state index in [0.717, 1.165) is 19.0 Å². The molecule has 2 N–H and O–H groups in total. The number of hydrogen-bond acceptors (Lipinski definition) is 8. The van der Waals surface area contributed by atoms with Gasteiger partial charge in [-0.1, -0.05) is 0 Å². The Morgan fingerprint density at radius 2 is 2.12 bits per heavy atom. The maximum Gasteiger partial charge on any atom is 0.410 e. The predicted molar refractivity (Wildman–Crippen MR) is 127 cm³/mol. The van der Waals surface area contributed by atoms with Gasteiger partial charge < -0.3 is 20.3 Å². The average Bonchev–Trinajstić information content (AvgIpc) is 3.43. The second kappa shape index (κ2) is 9.88. The third kappa shape index (κ3) is 5.77. The van der Waals surface area contributed by atoms with Crippen LogP contribution in [0.3, 0.4) is 0 Å². The van der Waals surface area contributed by atoms with E-state index in [-0.39, 0.29) is 36.2 Å². The molecule has 0 aromatic carbocycles. The van der Waals surface area contributed by atoms with Gasteiger partial charge in [-0.25, -0.2) is 19.2 Å². The van der Waals surface area contributed by atoms with Crippen LogP contribution in [-0.4, -0.2) is 56.6 Å².